The third-order valence-electron chi connectivity index (χ3n) is 4.09. The molecule has 3 heterocycles. The number of aromatic nitrogens is 4. The summed E-state index contributed by atoms with van der Waals surface area (Å²) in [6.07, 6.45) is 1.84. The molecule has 4 rings (SSSR count). The molecule has 1 unspecified atom stereocenters. The van der Waals surface area contributed by atoms with Gasteiger partial charge in [0, 0.05) is 17.3 Å². The number of aliphatic hydroxyl groups excluding tert-OH is 1. The number of anilines is 3. The van der Waals surface area contributed by atoms with Crippen LogP contribution in [0.25, 0.3) is 11.1 Å². The third-order valence-corrected chi connectivity index (χ3v) is 4.09. The number of halogens is 1. The Kier molecular flexibility index (Phi) is 4.38. The van der Waals surface area contributed by atoms with Crippen molar-refractivity contribution in [3.63, 3.8) is 0 Å². The summed E-state index contributed by atoms with van der Waals surface area (Å²) in [6.45, 7) is -0.0959. The highest BCUT2D eigenvalue weighted by Gasteiger charge is 2.32. The number of pyridine rings is 1. The second-order valence-electron chi connectivity index (χ2n) is 5.88. The quantitative estimate of drug-likeness (QED) is 0.629. The minimum Gasteiger partial charge on any atom is -0.441 e. The summed E-state index contributed by atoms with van der Waals surface area (Å²) in [7, 11) is 0. The molecule has 10 heteroatoms. The molecule has 1 aliphatic rings. The lowest BCUT2D eigenvalue weighted by atomic mass is 10.1. The lowest BCUT2D eigenvalue weighted by molar-refractivity contribution is 0.0963. The molecule has 0 saturated carbocycles. The predicted molar refractivity (Wildman–Crippen MR) is 94.0 cm³/mol. The zero-order valence-electron chi connectivity index (χ0n) is 14.0. The van der Waals surface area contributed by atoms with E-state index in [0.717, 1.165) is 0 Å². The highest BCUT2D eigenvalue weighted by molar-refractivity contribution is 5.90. The molecule has 1 fully saturated rings. The molecular formula is C17H15FN6O3. The number of nitrogens with one attached hydrogen (secondary N) is 2. The zero-order chi connectivity index (χ0) is 18.8. The molecule has 138 valence electrons. The molecule has 27 heavy (non-hydrogen) atoms. The van der Waals surface area contributed by atoms with E-state index in [0.29, 0.717) is 28.5 Å². The van der Waals surface area contributed by atoms with E-state index < -0.39 is 18.0 Å². The van der Waals surface area contributed by atoms with Gasteiger partial charge in [0.1, 0.15) is 17.7 Å². The average molecular weight is 370 g/mol. The number of amides is 1. The van der Waals surface area contributed by atoms with Gasteiger partial charge in [-0.3, -0.25) is 4.90 Å². The van der Waals surface area contributed by atoms with Crippen molar-refractivity contribution in [2.75, 3.05) is 23.4 Å². The summed E-state index contributed by atoms with van der Waals surface area (Å²) in [5.74, 6) is 0.566. The minimum atomic E-state index is -0.605. The van der Waals surface area contributed by atoms with Crippen LogP contribution in [-0.4, -0.2) is 50.9 Å². The van der Waals surface area contributed by atoms with Crippen LogP contribution in [0.5, 0.6) is 0 Å². The molecule has 3 N–H and O–H groups in total. The van der Waals surface area contributed by atoms with Crippen molar-refractivity contribution in [2.45, 2.75) is 6.10 Å². The fourth-order valence-corrected chi connectivity index (χ4v) is 2.75. The number of rotatable bonds is 5. The van der Waals surface area contributed by atoms with Crippen molar-refractivity contribution < 1.29 is 19.0 Å². The monoisotopic (exact) mass is 370 g/mol. The number of ether oxygens (including phenoxy) is 1. The van der Waals surface area contributed by atoms with E-state index in [1.54, 1.807) is 24.3 Å². The number of hydrogen-bond donors (Lipinski definition) is 3. The molecule has 0 bridgehead atoms. The molecule has 9 nitrogen and oxygen atoms in total. The van der Waals surface area contributed by atoms with Crippen LogP contribution in [-0.2, 0) is 4.74 Å². The Morgan fingerprint density at radius 3 is 2.81 bits per heavy atom. The third kappa shape index (κ3) is 3.42. The van der Waals surface area contributed by atoms with E-state index in [1.165, 1.54) is 23.4 Å². The minimum absolute atomic E-state index is 0.179. The number of hydrogen-bond acceptors (Lipinski definition) is 7. The molecule has 3 aromatic rings. The van der Waals surface area contributed by atoms with Crippen LogP contribution in [0.1, 0.15) is 0 Å². The number of cyclic esters (lactones) is 1. The maximum Gasteiger partial charge on any atom is 0.414 e. The second-order valence-corrected chi connectivity index (χ2v) is 5.88. The Hall–Kier alpha value is -3.53. The standard InChI is InChI=1S/C17H15FN6O3/c18-14-5-11(24-8-12(9-25)27-17(24)26)2-3-13(14)10-1-4-15(19-6-10)21-16-7-20-23-22-16/h1-7,12,25H,8-9H2,(H2,19,20,21,22,23). The number of carbonyl (C=O) groups excluding carboxylic acids is 1. The Morgan fingerprint density at radius 2 is 2.19 bits per heavy atom. The van der Waals surface area contributed by atoms with Crippen molar-refractivity contribution in [2.24, 2.45) is 0 Å². The largest absolute Gasteiger partial charge is 0.441 e. The first-order valence-corrected chi connectivity index (χ1v) is 8.12. The highest BCUT2D eigenvalue weighted by atomic mass is 19.1. The summed E-state index contributed by atoms with van der Waals surface area (Å²) in [5, 5.41) is 22.1. The smallest absolute Gasteiger partial charge is 0.414 e. The Morgan fingerprint density at radius 1 is 1.30 bits per heavy atom. The number of aromatic amines is 1. The number of aliphatic hydroxyl groups is 1. The summed E-state index contributed by atoms with van der Waals surface area (Å²) >= 11 is 0. The van der Waals surface area contributed by atoms with Gasteiger partial charge in [0.15, 0.2) is 5.82 Å². The summed E-state index contributed by atoms with van der Waals surface area (Å²) in [5.41, 5.74) is 1.31. The van der Waals surface area contributed by atoms with Gasteiger partial charge >= 0.3 is 6.09 Å². The summed E-state index contributed by atoms with van der Waals surface area (Å²) in [6, 6.07) is 7.88. The van der Waals surface area contributed by atoms with Gasteiger partial charge in [-0.15, -0.1) is 5.10 Å². The molecule has 0 spiro atoms. The van der Waals surface area contributed by atoms with Crippen molar-refractivity contribution in [1.82, 2.24) is 20.4 Å². The predicted octanol–water partition coefficient (Wildman–Crippen LogP) is 2.07. The molecule has 1 aliphatic heterocycles. The Bertz CT molecular complexity index is 948. The van der Waals surface area contributed by atoms with Gasteiger partial charge in [-0.25, -0.2) is 14.2 Å². The highest BCUT2D eigenvalue weighted by Crippen LogP contribution is 2.29. The number of nitrogens with zero attached hydrogens (tertiary/aromatic N) is 4. The lowest BCUT2D eigenvalue weighted by Gasteiger charge is -2.14. The van der Waals surface area contributed by atoms with Crippen molar-refractivity contribution in [3.05, 3.63) is 48.5 Å². The molecule has 1 atom stereocenters. The SMILES string of the molecule is O=C1OC(CO)CN1c1ccc(-c2ccc(Nc3cn[nH]n3)nc2)c(F)c1. The van der Waals surface area contributed by atoms with Crippen LogP contribution in [0.3, 0.4) is 0 Å². The number of benzene rings is 1. The number of H-pyrrole nitrogens is 1. The van der Waals surface area contributed by atoms with E-state index in [9.17, 15) is 9.18 Å². The van der Waals surface area contributed by atoms with Crippen LogP contribution in [0, 0.1) is 5.82 Å². The van der Waals surface area contributed by atoms with Gasteiger partial charge in [0.2, 0.25) is 0 Å². The molecule has 1 amide bonds. The van der Waals surface area contributed by atoms with Crippen LogP contribution in [0.4, 0.5) is 26.5 Å². The normalized spacial score (nSPS) is 16.4. The second kappa shape index (κ2) is 7.00. The molecule has 0 aliphatic carbocycles. The summed E-state index contributed by atoms with van der Waals surface area (Å²) in [4.78, 5) is 17.3. The fraction of sp³-hybridized carbons (Fsp3) is 0.176. The maximum absolute atomic E-state index is 14.6. The van der Waals surface area contributed by atoms with Crippen molar-refractivity contribution in [3.8, 4) is 11.1 Å². The van der Waals surface area contributed by atoms with Gasteiger partial charge in [-0.2, -0.15) is 10.3 Å². The van der Waals surface area contributed by atoms with Gasteiger partial charge in [0.05, 0.1) is 25.0 Å². The lowest BCUT2D eigenvalue weighted by Crippen LogP contribution is -2.25. The van der Waals surface area contributed by atoms with Gasteiger partial charge in [-0.05, 0) is 30.3 Å². The van der Waals surface area contributed by atoms with E-state index >= 15 is 0 Å². The Balaban J connectivity index is 1.53. The molecule has 1 aromatic carbocycles. The fourth-order valence-electron chi connectivity index (χ4n) is 2.75. The van der Waals surface area contributed by atoms with Crippen LogP contribution in [0.2, 0.25) is 0 Å². The van der Waals surface area contributed by atoms with Crippen LogP contribution in [0.15, 0.2) is 42.7 Å². The Labute approximate surface area is 152 Å². The van der Waals surface area contributed by atoms with E-state index in [2.05, 4.69) is 25.7 Å². The maximum atomic E-state index is 14.6. The number of carbonyl (C=O) groups is 1. The average Bonchev–Trinajstić information content (AvgIpc) is 3.32. The van der Waals surface area contributed by atoms with Crippen molar-refractivity contribution in [1.29, 1.82) is 0 Å². The van der Waals surface area contributed by atoms with Crippen LogP contribution < -0.4 is 10.2 Å². The molecule has 1 saturated heterocycles. The topological polar surface area (TPSA) is 116 Å². The molecular weight excluding hydrogens is 355 g/mol. The van der Waals surface area contributed by atoms with Crippen molar-refractivity contribution >= 4 is 23.4 Å². The van der Waals surface area contributed by atoms with Gasteiger partial charge in [-0.1, -0.05) is 0 Å². The first-order valence-electron chi connectivity index (χ1n) is 8.12. The zero-order valence-corrected chi connectivity index (χ0v) is 14.0. The first kappa shape index (κ1) is 16.9. The molecule has 0 radical (unpaired) electrons. The van der Waals surface area contributed by atoms with Gasteiger partial charge in [0.25, 0.3) is 0 Å². The van der Waals surface area contributed by atoms with E-state index in [-0.39, 0.29) is 13.2 Å². The van der Waals surface area contributed by atoms with E-state index in [4.69, 9.17) is 9.84 Å². The van der Waals surface area contributed by atoms with E-state index in [1.807, 2.05) is 0 Å². The first-order chi connectivity index (χ1) is 13.1. The van der Waals surface area contributed by atoms with Gasteiger partial charge < -0.3 is 15.2 Å². The summed E-state index contributed by atoms with van der Waals surface area (Å²) < 4.78 is 19.6. The molecule has 2 aromatic heterocycles. The van der Waals surface area contributed by atoms with Crippen LogP contribution >= 0.6 is 0 Å².